The van der Waals surface area contributed by atoms with E-state index in [9.17, 15) is 9.90 Å². The molecule has 0 bridgehead atoms. The number of carbonyl (C=O) groups excluding carboxylic acids is 1. The van der Waals surface area contributed by atoms with Crippen LogP contribution in [0, 0.1) is 6.92 Å². The number of hydrogen-bond acceptors (Lipinski definition) is 3. The van der Waals surface area contributed by atoms with Gasteiger partial charge in [-0.3, -0.25) is 9.78 Å². The number of rotatable bonds is 1. The van der Waals surface area contributed by atoms with Crippen molar-refractivity contribution >= 4 is 17.1 Å². The number of pyridine rings is 1. The predicted octanol–water partition coefficient (Wildman–Crippen LogP) is 2.06. The van der Waals surface area contributed by atoms with Crippen molar-refractivity contribution < 1.29 is 9.90 Å². The van der Waals surface area contributed by atoms with Gasteiger partial charge in [-0.05, 0) is 30.5 Å². The maximum atomic E-state index is 10.7. The molecule has 0 spiro atoms. The van der Waals surface area contributed by atoms with Crippen LogP contribution in [0.1, 0.15) is 16.1 Å². The number of phenols is 1. The van der Waals surface area contributed by atoms with Crippen LogP contribution in [0.2, 0.25) is 0 Å². The Morgan fingerprint density at radius 1 is 1.36 bits per heavy atom. The van der Waals surface area contributed by atoms with Gasteiger partial charge >= 0.3 is 0 Å². The van der Waals surface area contributed by atoms with Crippen LogP contribution in [0.15, 0.2) is 24.4 Å². The third kappa shape index (κ3) is 1.14. The molecular weight excluding hydrogens is 178 g/mol. The quantitative estimate of drug-likeness (QED) is 0.695. The third-order valence-corrected chi connectivity index (χ3v) is 2.26. The fourth-order valence-electron chi connectivity index (χ4n) is 1.57. The lowest BCUT2D eigenvalue weighted by atomic mass is 10.0. The molecule has 0 radical (unpaired) electrons. The molecule has 1 aromatic carbocycles. The molecule has 0 unspecified atom stereocenters. The van der Waals surface area contributed by atoms with Gasteiger partial charge in [0.25, 0.3) is 0 Å². The van der Waals surface area contributed by atoms with Crippen molar-refractivity contribution in [3.63, 3.8) is 0 Å². The average molecular weight is 187 g/mol. The number of aromatic nitrogens is 1. The highest BCUT2D eigenvalue weighted by Crippen LogP contribution is 2.28. The zero-order chi connectivity index (χ0) is 10.1. The molecule has 1 heterocycles. The second-order valence-corrected chi connectivity index (χ2v) is 3.11. The number of aromatic hydroxyl groups is 1. The number of aryl methyl sites for hydroxylation is 1. The van der Waals surface area contributed by atoms with Gasteiger partial charge in [0.2, 0.25) is 0 Å². The Bertz CT molecular complexity index is 498. The number of aldehydes is 1. The zero-order valence-corrected chi connectivity index (χ0v) is 7.69. The lowest BCUT2D eigenvalue weighted by Gasteiger charge is -2.05. The summed E-state index contributed by atoms with van der Waals surface area (Å²) in [5.74, 6) is 0.163. The van der Waals surface area contributed by atoms with Crippen LogP contribution in [0.25, 0.3) is 10.8 Å². The van der Waals surface area contributed by atoms with Gasteiger partial charge in [0.15, 0.2) is 6.29 Å². The van der Waals surface area contributed by atoms with E-state index in [2.05, 4.69) is 4.98 Å². The van der Waals surface area contributed by atoms with E-state index >= 15 is 0 Å². The number of nitrogens with zero attached hydrogens (tertiary/aromatic N) is 1. The Hall–Kier alpha value is -1.90. The van der Waals surface area contributed by atoms with E-state index in [0.717, 1.165) is 17.4 Å². The van der Waals surface area contributed by atoms with E-state index in [0.29, 0.717) is 10.9 Å². The molecule has 0 saturated carbocycles. The minimum absolute atomic E-state index is 0.163. The number of fused-ring (bicyclic) bond motifs is 1. The maximum absolute atomic E-state index is 10.7. The summed E-state index contributed by atoms with van der Waals surface area (Å²) in [5.41, 5.74) is 1.30. The molecule has 0 amide bonds. The Morgan fingerprint density at radius 3 is 2.86 bits per heavy atom. The monoisotopic (exact) mass is 187 g/mol. The van der Waals surface area contributed by atoms with Crippen LogP contribution < -0.4 is 0 Å². The summed E-state index contributed by atoms with van der Waals surface area (Å²) in [6, 6.07) is 4.84. The minimum atomic E-state index is 0.163. The van der Waals surface area contributed by atoms with Crippen molar-refractivity contribution in [2.45, 2.75) is 6.92 Å². The summed E-state index contributed by atoms with van der Waals surface area (Å²) in [4.78, 5) is 14.8. The molecule has 0 aliphatic carbocycles. The molecule has 14 heavy (non-hydrogen) atoms. The number of hydrogen-bond donors (Lipinski definition) is 1. The fraction of sp³-hybridized carbons (Fsp3) is 0.0909. The second kappa shape index (κ2) is 3.10. The topological polar surface area (TPSA) is 50.2 Å². The molecule has 0 saturated heterocycles. The van der Waals surface area contributed by atoms with E-state index in [1.165, 1.54) is 6.07 Å². The molecule has 0 aliphatic rings. The summed E-state index contributed by atoms with van der Waals surface area (Å²) in [6.45, 7) is 1.80. The highest BCUT2D eigenvalue weighted by Gasteiger charge is 2.06. The largest absolute Gasteiger partial charge is 0.507 e. The molecule has 2 rings (SSSR count). The highest BCUT2D eigenvalue weighted by atomic mass is 16.3. The van der Waals surface area contributed by atoms with Crippen molar-refractivity contribution in [3.8, 4) is 5.75 Å². The van der Waals surface area contributed by atoms with E-state index in [-0.39, 0.29) is 5.75 Å². The van der Waals surface area contributed by atoms with E-state index in [1.807, 2.05) is 0 Å². The van der Waals surface area contributed by atoms with Crippen molar-refractivity contribution in [2.75, 3.05) is 0 Å². The van der Waals surface area contributed by atoms with Gasteiger partial charge in [-0.2, -0.15) is 0 Å². The summed E-state index contributed by atoms with van der Waals surface area (Å²) in [6.07, 6.45) is 2.41. The third-order valence-electron chi connectivity index (χ3n) is 2.26. The zero-order valence-electron chi connectivity index (χ0n) is 7.69. The van der Waals surface area contributed by atoms with E-state index < -0.39 is 0 Å². The van der Waals surface area contributed by atoms with Crippen molar-refractivity contribution in [1.29, 1.82) is 0 Å². The Balaban J connectivity index is 2.98. The molecule has 1 aromatic heterocycles. The first-order chi connectivity index (χ1) is 6.74. The van der Waals surface area contributed by atoms with Crippen molar-refractivity contribution in [3.05, 3.63) is 35.7 Å². The Labute approximate surface area is 81.0 Å². The van der Waals surface area contributed by atoms with Crippen molar-refractivity contribution in [1.82, 2.24) is 4.98 Å². The molecular formula is C11H9NO2. The number of benzene rings is 1. The van der Waals surface area contributed by atoms with E-state index in [1.54, 1.807) is 25.3 Å². The molecule has 0 fully saturated rings. The highest BCUT2D eigenvalue weighted by molar-refractivity contribution is 6.01. The fourth-order valence-corrected chi connectivity index (χ4v) is 1.57. The summed E-state index contributed by atoms with van der Waals surface area (Å²) in [5, 5.41) is 11.0. The molecule has 0 aliphatic heterocycles. The van der Waals surface area contributed by atoms with Crippen LogP contribution in [0.5, 0.6) is 5.75 Å². The average Bonchev–Trinajstić information content (AvgIpc) is 2.18. The van der Waals surface area contributed by atoms with Gasteiger partial charge in [-0.15, -0.1) is 0 Å². The van der Waals surface area contributed by atoms with Gasteiger partial charge in [-0.25, -0.2) is 0 Å². The molecule has 1 N–H and O–H groups in total. The molecule has 70 valence electrons. The van der Waals surface area contributed by atoms with Gasteiger partial charge < -0.3 is 5.11 Å². The molecule has 3 nitrogen and oxygen atoms in total. The Morgan fingerprint density at radius 2 is 2.14 bits per heavy atom. The van der Waals surface area contributed by atoms with Gasteiger partial charge in [-0.1, -0.05) is 0 Å². The van der Waals surface area contributed by atoms with E-state index in [4.69, 9.17) is 0 Å². The molecule has 3 heteroatoms. The molecule has 0 atom stereocenters. The molecule has 2 aromatic rings. The van der Waals surface area contributed by atoms with Gasteiger partial charge in [0.05, 0.1) is 0 Å². The first-order valence-electron chi connectivity index (χ1n) is 4.26. The van der Waals surface area contributed by atoms with Crippen LogP contribution in [-0.4, -0.2) is 16.4 Å². The number of phenolic OH excluding ortho intramolecular Hbond substituents is 1. The maximum Gasteiger partial charge on any atom is 0.150 e. The van der Waals surface area contributed by atoms with Crippen LogP contribution >= 0.6 is 0 Å². The SMILES string of the molecule is Cc1nccc2c(C=O)ccc(O)c12. The smallest absolute Gasteiger partial charge is 0.150 e. The summed E-state index contributed by atoms with van der Waals surface area (Å²) >= 11 is 0. The second-order valence-electron chi connectivity index (χ2n) is 3.11. The van der Waals surface area contributed by atoms with Crippen LogP contribution in [0.3, 0.4) is 0 Å². The first-order valence-corrected chi connectivity index (χ1v) is 4.26. The normalized spacial score (nSPS) is 10.4. The Kier molecular flexibility index (Phi) is 1.93. The lowest BCUT2D eigenvalue weighted by molar-refractivity contribution is 0.112. The van der Waals surface area contributed by atoms with Gasteiger partial charge in [0, 0.05) is 22.8 Å². The number of carbonyl (C=O) groups is 1. The van der Waals surface area contributed by atoms with Gasteiger partial charge in [0.1, 0.15) is 5.75 Å². The first kappa shape index (κ1) is 8.69. The van der Waals surface area contributed by atoms with Crippen LogP contribution in [0.4, 0.5) is 0 Å². The summed E-state index contributed by atoms with van der Waals surface area (Å²) < 4.78 is 0. The standard InChI is InChI=1S/C11H9NO2/c1-7-11-9(4-5-12-7)8(6-13)2-3-10(11)14/h2-6,14H,1H3. The van der Waals surface area contributed by atoms with Crippen molar-refractivity contribution in [2.24, 2.45) is 0 Å². The lowest BCUT2D eigenvalue weighted by Crippen LogP contribution is -1.88. The van der Waals surface area contributed by atoms with Crippen LogP contribution in [-0.2, 0) is 0 Å². The predicted molar refractivity (Wildman–Crippen MR) is 53.5 cm³/mol. The summed E-state index contributed by atoms with van der Waals surface area (Å²) in [7, 11) is 0. The minimum Gasteiger partial charge on any atom is -0.507 e.